The van der Waals surface area contributed by atoms with Gasteiger partial charge in [0.15, 0.2) is 5.96 Å². The van der Waals surface area contributed by atoms with Crippen LogP contribution in [0.5, 0.6) is 5.75 Å². The van der Waals surface area contributed by atoms with Crippen molar-refractivity contribution in [2.75, 3.05) is 20.2 Å². The lowest BCUT2D eigenvalue weighted by Crippen LogP contribution is -2.44. The van der Waals surface area contributed by atoms with Crippen LogP contribution in [0.2, 0.25) is 0 Å². The molecule has 0 amide bonds. The van der Waals surface area contributed by atoms with Crippen LogP contribution in [0.3, 0.4) is 0 Å². The molecular weight excluding hydrogens is 326 g/mol. The van der Waals surface area contributed by atoms with E-state index in [1.54, 1.807) is 14.0 Å². The van der Waals surface area contributed by atoms with Crippen LogP contribution in [0.1, 0.15) is 30.5 Å². The van der Waals surface area contributed by atoms with Gasteiger partial charge in [0.1, 0.15) is 11.4 Å². The molecule has 2 aromatic rings. The van der Waals surface area contributed by atoms with Gasteiger partial charge >= 0.3 is 0 Å². The number of hydrogen-bond donors (Lipinski definition) is 3. The third-order valence-electron chi connectivity index (χ3n) is 4.22. The van der Waals surface area contributed by atoms with E-state index in [1.807, 2.05) is 56.3 Å². The van der Waals surface area contributed by atoms with Gasteiger partial charge in [0.25, 0.3) is 0 Å². The SMILES string of the molecule is CCNC(=NCc1ccc(OC)c(C)c1)NCC(C)(O)c1ccccc1. The standard InChI is InChI=1S/C21H29N3O2/c1-5-22-20(23-14-17-11-12-19(26-4)16(2)13-17)24-15-21(3,25)18-9-7-6-8-10-18/h6-13,25H,5,14-15H2,1-4H3,(H2,22,23,24). The molecule has 0 aliphatic rings. The number of benzene rings is 2. The van der Waals surface area contributed by atoms with Gasteiger partial charge < -0.3 is 20.5 Å². The Bertz CT molecular complexity index is 727. The lowest BCUT2D eigenvalue weighted by molar-refractivity contribution is 0.0617. The van der Waals surface area contributed by atoms with Gasteiger partial charge in [0, 0.05) is 6.54 Å². The van der Waals surface area contributed by atoms with Crippen LogP contribution >= 0.6 is 0 Å². The number of aliphatic imine (C=N–C) groups is 1. The Labute approximate surface area is 156 Å². The first-order valence-electron chi connectivity index (χ1n) is 8.90. The summed E-state index contributed by atoms with van der Waals surface area (Å²) in [5.41, 5.74) is 2.09. The van der Waals surface area contributed by atoms with Crippen molar-refractivity contribution in [3.05, 3.63) is 65.2 Å². The molecule has 0 aliphatic carbocycles. The minimum absolute atomic E-state index is 0.366. The highest BCUT2D eigenvalue weighted by molar-refractivity contribution is 5.79. The van der Waals surface area contributed by atoms with Gasteiger partial charge in [0.05, 0.1) is 20.2 Å². The molecule has 140 valence electrons. The minimum Gasteiger partial charge on any atom is -0.496 e. The average Bonchev–Trinajstić information content (AvgIpc) is 2.65. The molecule has 26 heavy (non-hydrogen) atoms. The van der Waals surface area contributed by atoms with Gasteiger partial charge in [-0.05, 0) is 43.5 Å². The first kappa shape index (κ1) is 19.8. The molecular formula is C21H29N3O2. The maximum absolute atomic E-state index is 10.7. The summed E-state index contributed by atoms with van der Waals surface area (Å²) in [6, 6.07) is 15.7. The van der Waals surface area contributed by atoms with Crippen molar-refractivity contribution in [2.45, 2.75) is 32.9 Å². The van der Waals surface area contributed by atoms with Crippen LogP contribution in [-0.2, 0) is 12.1 Å². The molecule has 3 N–H and O–H groups in total. The topological polar surface area (TPSA) is 65.9 Å². The normalized spacial score (nSPS) is 13.8. The van der Waals surface area contributed by atoms with Crippen LogP contribution in [0.25, 0.3) is 0 Å². The molecule has 5 heteroatoms. The maximum atomic E-state index is 10.7. The summed E-state index contributed by atoms with van der Waals surface area (Å²) >= 11 is 0. The first-order chi connectivity index (χ1) is 12.5. The van der Waals surface area contributed by atoms with Crippen molar-refractivity contribution in [1.29, 1.82) is 0 Å². The Hall–Kier alpha value is -2.53. The number of hydrogen-bond acceptors (Lipinski definition) is 3. The maximum Gasteiger partial charge on any atom is 0.191 e. The Kier molecular flexibility index (Phi) is 7.04. The minimum atomic E-state index is -0.978. The van der Waals surface area contributed by atoms with E-state index in [4.69, 9.17) is 4.74 Å². The number of rotatable bonds is 7. The molecule has 0 heterocycles. The van der Waals surface area contributed by atoms with E-state index in [-0.39, 0.29) is 0 Å². The van der Waals surface area contributed by atoms with Crippen molar-refractivity contribution >= 4 is 5.96 Å². The molecule has 0 radical (unpaired) electrons. The lowest BCUT2D eigenvalue weighted by atomic mass is 9.96. The van der Waals surface area contributed by atoms with Gasteiger partial charge in [-0.15, -0.1) is 0 Å². The third-order valence-corrected chi connectivity index (χ3v) is 4.22. The highest BCUT2D eigenvalue weighted by Crippen LogP contribution is 2.20. The number of nitrogens with zero attached hydrogens (tertiary/aromatic N) is 1. The number of ether oxygens (including phenoxy) is 1. The summed E-state index contributed by atoms with van der Waals surface area (Å²) in [6.45, 7) is 7.50. The van der Waals surface area contributed by atoms with Gasteiger partial charge in [-0.1, -0.05) is 42.5 Å². The molecule has 0 spiro atoms. The zero-order chi connectivity index (χ0) is 19.0. The van der Waals surface area contributed by atoms with Crippen molar-refractivity contribution in [2.24, 2.45) is 4.99 Å². The van der Waals surface area contributed by atoms with Crippen molar-refractivity contribution in [3.63, 3.8) is 0 Å². The summed E-state index contributed by atoms with van der Waals surface area (Å²) in [7, 11) is 1.67. The van der Waals surface area contributed by atoms with Crippen LogP contribution in [0.15, 0.2) is 53.5 Å². The lowest BCUT2D eigenvalue weighted by Gasteiger charge is -2.25. The smallest absolute Gasteiger partial charge is 0.191 e. The van der Waals surface area contributed by atoms with Gasteiger partial charge in [-0.3, -0.25) is 0 Å². The van der Waals surface area contributed by atoms with Crippen LogP contribution in [0, 0.1) is 6.92 Å². The van der Waals surface area contributed by atoms with Crippen LogP contribution in [0.4, 0.5) is 0 Å². The number of guanidine groups is 1. The highest BCUT2D eigenvalue weighted by Gasteiger charge is 2.22. The molecule has 0 aliphatic heterocycles. The Morgan fingerprint density at radius 3 is 2.50 bits per heavy atom. The molecule has 1 unspecified atom stereocenters. The Morgan fingerprint density at radius 1 is 1.15 bits per heavy atom. The predicted octanol–water partition coefficient (Wildman–Crippen LogP) is 2.97. The number of methoxy groups -OCH3 is 1. The Morgan fingerprint density at radius 2 is 1.88 bits per heavy atom. The van der Waals surface area contributed by atoms with Gasteiger partial charge in [-0.25, -0.2) is 4.99 Å². The predicted molar refractivity (Wildman–Crippen MR) is 107 cm³/mol. The fourth-order valence-electron chi connectivity index (χ4n) is 2.71. The van der Waals surface area contributed by atoms with E-state index in [0.29, 0.717) is 19.0 Å². The number of nitrogens with one attached hydrogen (secondary N) is 2. The van der Waals surface area contributed by atoms with Gasteiger partial charge in [0.2, 0.25) is 0 Å². The fraction of sp³-hybridized carbons (Fsp3) is 0.381. The third kappa shape index (κ3) is 5.49. The number of aliphatic hydroxyl groups is 1. The van der Waals surface area contributed by atoms with Gasteiger partial charge in [-0.2, -0.15) is 0 Å². The van der Waals surface area contributed by atoms with Crippen molar-refractivity contribution < 1.29 is 9.84 Å². The zero-order valence-corrected chi connectivity index (χ0v) is 16.0. The molecule has 1 atom stereocenters. The summed E-state index contributed by atoms with van der Waals surface area (Å²) in [5.74, 6) is 1.55. The molecule has 0 saturated heterocycles. The van der Waals surface area contributed by atoms with Crippen molar-refractivity contribution in [3.8, 4) is 5.75 Å². The molecule has 0 fully saturated rings. The molecule has 5 nitrogen and oxygen atoms in total. The van der Waals surface area contributed by atoms with E-state index in [2.05, 4.69) is 21.7 Å². The summed E-state index contributed by atoms with van der Waals surface area (Å²) < 4.78 is 5.29. The Balaban J connectivity index is 2.03. The second-order valence-electron chi connectivity index (χ2n) is 6.49. The molecule has 2 rings (SSSR count). The molecule has 0 bridgehead atoms. The highest BCUT2D eigenvalue weighted by atomic mass is 16.5. The number of aryl methyl sites for hydroxylation is 1. The van der Waals surface area contributed by atoms with Crippen molar-refractivity contribution in [1.82, 2.24) is 10.6 Å². The molecule has 0 aromatic heterocycles. The monoisotopic (exact) mass is 355 g/mol. The molecule has 0 saturated carbocycles. The summed E-state index contributed by atoms with van der Waals surface area (Å²) in [5, 5.41) is 17.2. The first-order valence-corrected chi connectivity index (χ1v) is 8.90. The summed E-state index contributed by atoms with van der Waals surface area (Å²) in [4.78, 5) is 4.62. The summed E-state index contributed by atoms with van der Waals surface area (Å²) in [6.07, 6.45) is 0. The second-order valence-corrected chi connectivity index (χ2v) is 6.49. The van der Waals surface area contributed by atoms with E-state index >= 15 is 0 Å². The van der Waals surface area contributed by atoms with E-state index in [9.17, 15) is 5.11 Å². The van der Waals surface area contributed by atoms with Crippen LogP contribution in [-0.4, -0.2) is 31.3 Å². The second kappa shape index (κ2) is 9.25. The fourth-order valence-corrected chi connectivity index (χ4v) is 2.71. The quantitative estimate of drug-likeness (QED) is 0.528. The average molecular weight is 355 g/mol. The van der Waals surface area contributed by atoms with E-state index in [1.165, 1.54) is 0 Å². The zero-order valence-electron chi connectivity index (χ0n) is 16.0. The largest absolute Gasteiger partial charge is 0.496 e. The van der Waals surface area contributed by atoms with Crippen LogP contribution < -0.4 is 15.4 Å². The van der Waals surface area contributed by atoms with E-state index < -0.39 is 5.60 Å². The molecule has 2 aromatic carbocycles. The van der Waals surface area contributed by atoms with E-state index in [0.717, 1.165) is 29.0 Å².